The zero-order valence-electron chi connectivity index (χ0n) is 18.0. The molecule has 0 radical (unpaired) electrons. The van der Waals surface area contributed by atoms with E-state index in [0.717, 1.165) is 51.4 Å². The van der Waals surface area contributed by atoms with Gasteiger partial charge < -0.3 is 9.64 Å². The Balaban J connectivity index is 1.61. The summed E-state index contributed by atoms with van der Waals surface area (Å²) in [4.78, 5) is 38.0. The number of carbonyl (C=O) groups is 2. The third-order valence-corrected chi connectivity index (χ3v) is 6.39. The van der Waals surface area contributed by atoms with Crippen LogP contribution in [0.1, 0.15) is 75.6 Å². The van der Waals surface area contributed by atoms with Gasteiger partial charge in [0.25, 0.3) is 5.91 Å². The van der Waals surface area contributed by atoms with Crippen molar-refractivity contribution in [3.8, 4) is 0 Å². The Labute approximate surface area is 176 Å². The summed E-state index contributed by atoms with van der Waals surface area (Å²) in [6.07, 6.45) is 11.1. The smallest absolute Gasteiger partial charge is 0.328 e. The maximum atomic E-state index is 13.1. The lowest BCUT2D eigenvalue weighted by atomic mass is 9.88. The predicted octanol–water partition coefficient (Wildman–Crippen LogP) is 3.45. The fourth-order valence-corrected chi connectivity index (χ4v) is 4.91. The Kier molecular flexibility index (Phi) is 7.44. The average Bonchev–Trinajstić information content (AvgIpc) is 3.01. The van der Waals surface area contributed by atoms with Gasteiger partial charge in [0.15, 0.2) is 6.61 Å². The van der Waals surface area contributed by atoms with Gasteiger partial charge in [0, 0.05) is 12.1 Å². The number of aryl methyl sites for hydroxylation is 1. The summed E-state index contributed by atoms with van der Waals surface area (Å²) >= 11 is 0. The summed E-state index contributed by atoms with van der Waals surface area (Å²) in [6, 6.07) is 0.485. The molecule has 9 nitrogen and oxygen atoms in total. The van der Waals surface area contributed by atoms with Crippen molar-refractivity contribution < 1.29 is 19.2 Å². The van der Waals surface area contributed by atoms with Crippen molar-refractivity contribution in [2.24, 2.45) is 0 Å². The number of hydrogen-bond acceptors (Lipinski definition) is 6. The first kappa shape index (κ1) is 22.2. The monoisotopic (exact) mass is 420 g/mol. The lowest BCUT2D eigenvalue weighted by Crippen LogP contribution is -2.50. The van der Waals surface area contributed by atoms with E-state index in [-0.39, 0.29) is 42.5 Å². The topological polar surface area (TPSA) is 108 Å². The Bertz CT molecular complexity index is 761. The van der Waals surface area contributed by atoms with Crippen LogP contribution in [0.25, 0.3) is 0 Å². The predicted molar refractivity (Wildman–Crippen MR) is 110 cm³/mol. The number of rotatable bonds is 7. The molecule has 1 heterocycles. The number of nitro groups is 1. The van der Waals surface area contributed by atoms with Crippen LogP contribution < -0.4 is 0 Å². The summed E-state index contributed by atoms with van der Waals surface area (Å²) in [6.45, 7) is 2.54. The zero-order chi connectivity index (χ0) is 21.7. The fourth-order valence-electron chi connectivity index (χ4n) is 4.91. The van der Waals surface area contributed by atoms with Crippen molar-refractivity contribution in [1.29, 1.82) is 0 Å². The third kappa shape index (κ3) is 5.17. The molecule has 0 bridgehead atoms. The molecule has 9 heteroatoms. The van der Waals surface area contributed by atoms with Crippen LogP contribution in [0.4, 0.5) is 5.69 Å². The van der Waals surface area contributed by atoms with Gasteiger partial charge in [-0.1, -0.05) is 38.5 Å². The minimum Gasteiger partial charge on any atom is -0.454 e. The molecule has 0 unspecified atom stereocenters. The minimum absolute atomic E-state index is 0.0975. The molecule has 1 aromatic rings. The van der Waals surface area contributed by atoms with Gasteiger partial charge in [-0.3, -0.25) is 24.4 Å². The lowest BCUT2D eigenvalue weighted by Gasteiger charge is -2.41. The molecule has 30 heavy (non-hydrogen) atoms. The molecule has 0 aliphatic heterocycles. The number of aromatic nitrogens is 2. The molecule has 0 saturated heterocycles. The van der Waals surface area contributed by atoms with Gasteiger partial charge in [0.1, 0.15) is 17.9 Å². The van der Waals surface area contributed by atoms with E-state index in [1.165, 1.54) is 24.4 Å². The second-order valence-electron chi connectivity index (χ2n) is 8.48. The maximum absolute atomic E-state index is 13.1. The first-order valence-electron chi connectivity index (χ1n) is 11.0. The van der Waals surface area contributed by atoms with Crippen molar-refractivity contribution in [3.05, 3.63) is 21.5 Å². The second kappa shape index (κ2) is 10.0. The molecule has 2 fully saturated rings. The zero-order valence-corrected chi connectivity index (χ0v) is 18.0. The highest BCUT2D eigenvalue weighted by molar-refractivity contribution is 5.81. The second-order valence-corrected chi connectivity index (χ2v) is 8.48. The summed E-state index contributed by atoms with van der Waals surface area (Å²) in [5.74, 6) is -0.738. The van der Waals surface area contributed by atoms with E-state index < -0.39 is 10.9 Å². The molecule has 1 aromatic heterocycles. The van der Waals surface area contributed by atoms with Gasteiger partial charge in [0.05, 0.1) is 4.92 Å². The molecule has 166 valence electrons. The van der Waals surface area contributed by atoms with E-state index in [1.54, 1.807) is 6.92 Å². The summed E-state index contributed by atoms with van der Waals surface area (Å²) in [7, 11) is 0. The number of esters is 1. The maximum Gasteiger partial charge on any atom is 0.328 e. The van der Waals surface area contributed by atoms with Gasteiger partial charge in [-0.25, -0.2) is 0 Å². The fraction of sp³-hybridized carbons (Fsp3) is 0.762. The van der Waals surface area contributed by atoms with Gasteiger partial charge >= 0.3 is 11.7 Å². The van der Waals surface area contributed by atoms with Crippen molar-refractivity contribution in [2.45, 2.75) is 96.7 Å². The van der Waals surface area contributed by atoms with Gasteiger partial charge in [-0.05, 0) is 39.5 Å². The molecular weight excluding hydrogens is 388 g/mol. The molecular formula is C21H32N4O5. The Morgan fingerprint density at radius 3 is 2.07 bits per heavy atom. The molecule has 2 aliphatic carbocycles. The number of nitrogens with zero attached hydrogens (tertiary/aromatic N) is 4. The van der Waals surface area contributed by atoms with Gasteiger partial charge in [-0.2, -0.15) is 5.10 Å². The number of carbonyl (C=O) groups excluding carboxylic acids is 2. The highest BCUT2D eigenvalue weighted by Gasteiger charge is 2.33. The van der Waals surface area contributed by atoms with Crippen LogP contribution in [0.15, 0.2) is 0 Å². The largest absolute Gasteiger partial charge is 0.454 e. The minimum atomic E-state index is -0.615. The van der Waals surface area contributed by atoms with Crippen LogP contribution in [0, 0.1) is 24.0 Å². The standard InChI is InChI=1S/C21H32N4O5/c1-15-21(25(28)29)16(2)23(22-15)13-20(27)30-14-19(26)24(17-9-5-3-6-10-17)18-11-7-4-8-12-18/h17-18H,3-14H2,1-2H3. The van der Waals surface area contributed by atoms with E-state index in [2.05, 4.69) is 5.10 Å². The molecule has 2 aliphatic rings. The number of ether oxygens (including phenoxy) is 1. The Hall–Kier alpha value is -2.45. The Morgan fingerprint density at radius 1 is 1.07 bits per heavy atom. The van der Waals surface area contributed by atoms with E-state index in [4.69, 9.17) is 4.74 Å². The summed E-state index contributed by atoms with van der Waals surface area (Å²) in [5.41, 5.74) is 0.452. The SMILES string of the molecule is Cc1nn(CC(=O)OCC(=O)N(C2CCCCC2)C2CCCCC2)c(C)c1[N+](=O)[O-]. The van der Waals surface area contributed by atoms with Crippen molar-refractivity contribution >= 4 is 17.6 Å². The van der Waals surface area contributed by atoms with Crippen LogP contribution in [-0.4, -0.2) is 50.2 Å². The van der Waals surface area contributed by atoms with E-state index in [9.17, 15) is 19.7 Å². The van der Waals surface area contributed by atoms with Crippen molar-refractivity contribution in [3.63, 3.8) is 0 Å². The van der Waals surface area contributed by atoms with Gasteiger partial charge in [0.2, 0.25) is 0 Å². The molecule has 3 rings (SSSR count). The highest BCUT2D eigenvalue weighted by atomic mass is 16.6. The normalized spacial score (nSPS) is 18.2. The van der Waals surface area contributed by atoms with Crippen LogP contribution in [-0.2, 0) is 20.9 Å². The first-order chi connectivity index (χ1) is 14.4. The van der Waals surface area contributed by atoms with Crippen LogP contribution in [0.5, 0.6) is 0 Å². The lowest BCUT2D eigenvalue weighted by molar-refractivity contribution is -0.386. The van der Waals surface area contributed by atoms with E-state index >= 15 is 0 Å². The summed E-state index contributed by atoms with van der Waals surface area (Å²) < 4.78 is 6.54. The molecule has 1 amide bonds. The van der Waals surface area contributed by atoms with E-state index in [0.29, 0.717) is 5.69 Å². The molecule has 0 aromatic carbocycles. The van der Waals surface area contributed by atoms with Crippen molar-refractivity contribution in [1.82, 2.24) is 14.7 Å². The van der Waals surface area contributed by atoms with Crippen LogP contribution in [0.3, 0.4) is 0 Å². The highest BCUT2D eigenvalue weighted by Crippen LogP contribution is 2.30. The van der Waals surface area contributed by atoms with Crippen LogP contribution in [0.2, 0.25) is 0 Å². The van der Waals surface area contributed by atoms with Gasteiger partial charge in [-0.15, -0.1) is 0 Å². The third-order valence-electron chi connectivity index (χ3n) is 6.39. The molecule has 0 spiro atoms. The quantitative estimate of drug-likeness (QED) is 0.380. The molecule has 0 N–H and O–H groups in total. The number of amides is 1. The molecule has 0 atom stereocenters. The number of hydrogen-bond donors (Lipinski definition) is 0. The summed E-state index contributed by atoms with van der Waals surface area (Å²) in [5, 5.41) is 15.2. The average molecular weight is 421 g/mol. The van der Waals surface area contributed by atoms with Crippen LogP contribution >= 0.6 is 0 Å². The molecule has 2 saturated carbocycles. The van der Waals surface area contributed by atoms with Crippen molar-refractivity contribution in [2.75, 3.05) is 6.61 Å². The Morgan fingerprint density at radius 2 is 1.60 bits per heavy atom. The van der Waals surface area contributed by atoms with E-state index in [1.807, 2.05) is 4.90 Å². The first-order valence-corrected chi connectivity index (χ1v) is 11.0.